The molecular weight excluding hydrogens is 302 g/mol. The Labute approximate surface area is 139 Å². The standard InChI is InChI=1S/C17H28ClNOS/c1-5-12-19-14(10-11-17(2,3)20-4)13-21-16-9-7-6-8-15(16)18/h6-9,14,19H,5,10-13H2,1-4H3. The summed E-state index contributed by atoms with van der Waals surface area (Å²) in [7, 11) is 1.78. The van der Waals surface area contributed by atoms with E-state index >= 15 is 0 Å². The summed E-state index contributed by atoms with van der Waals surface area (Å²) in [5.74, 6) is 1.03. The predicted octanol–water partition coefficient (Wildman–Crippen LogP) is 5.01. The normalized spacial score (nSPS) is 13.4. The second kappa shape index (κ2) is 9.73. The van der Waals surface area contributed by atoms with Crippen LogP contribution >= 0.6 is 23.4 Å². The van der Waals surface area contributed by atoms with Crippen LogP contribution in [0.2, 0.25) is 5.02 Å². The van der Waals surface area contributed by atoms with E-state index in [9.17, 15) is 0 Å². The third kappa shape index (κ3) is 7.55. The van der Waals surface area contributed by atoms with Crippen molar-refractivity contribution in [3.63, 3.8) is 0 Å². The van der Waals surface area contributed by atoms with Crippen molar-refractivity contribution in [2.24, 2.45) is 0 Å². The number of halogens is 1. The molecule has 1 aromatic rings. The van der Waals surface area contributed by atoms with Crippen LogP contribution in [0.1, 0.15) is 40.0 Å². The van der Waals surface area contributed by atoms with Gasteiger partial charge in [-0.3, -0.25) is 0 Å². The summed E-state index contributed by atoms with van der Waals surface area (Å²) in [5, 5.41) is 4.48. The summed E-state index contributed by atoms with van der Waals surface area (Å²) in [6.45, 7) is 7.54. The maximum absolute atomic E-state index is 6.22. The first kappa shape index (κ1) is 18.8. The first-order valence-electron chi connectivity index (χ1n) is 7.64. The van der Waals surface area contributed by atoms with Gasteiger partial charge in [0.2, 0.25) is 0 Å². The average molecular weight is 330 g/mol. The fraction of sp³-hybridized carbons (Fsp3) is 0.647. The molecule has 0 spiro atoms. The van der Waals surface area contributed by atoms with E-state index in [4.69, 9.17) is 16.3 Å². The number of ether oxygens (including phenoxy) is 1. The molecule has 0 radical (unpaired) electrons. The van der Waals surface area contributed by atoms with Gasteiger partial charge in [-0.25, -0.2) is 0 Å². The Hall–Kier alpha value is -0.220. The molecule has 1 rings (SSSR count). The zero-order valence-electron chi connectivity index (χ0n) is 13.6. The molecule has 1 aromatic carbocycles. The van der Waals surface area contributed by atoms with Crippen molar-refractivity contribution in [2.45, 2.75) is 56.6 Å². The lowest BCUT2D eigenvalue weighted by atomic mass is 9.99. The topological polar surface area (TPSA) is 21.3 Å². The molecule has 0 bridgehead atoms. The van der Waals surface area contributed by atoms with E-state index in [2.05, 4.69) is 32.2 Å². The van der Waals surface area contributed by atoms with E-state index < -0.39 is 0 Å². The number of thioether (sulfide) groups is 1. The molecule has 0 aliphatic rings. The summed E-state index contributed by atoms with van der Waals surface area (Å²) < 4.78 is 5.52. The molecule has 2 nitrogen and oxygen atoms in total. The zero-order chi connectivity index (χ0) is 15.7. The Bertz CT molecular complexity index is 412. The molecule has 0 saturated carbocycles. The van der Waals surface area contributed by atoms with Gasteiger partial charge in [-0.05, 0) is 51.8 Å². The van der Waals surface area contributed by atoms with Crippen molar-refractivity contribution < 1.29 is 4.74 Å². The molecule has 0 saturated heterocycles. The zero-order valence-corrected chi connectivity index (χ0v) is 15.2. The van der Waals surface area contributed by atoms with Gasteiger partial charge >= 0.3 is 0 Å². The van der Waals surface area contributed by atoms with E-state index in [0.717, 1.165) is 41.5 Å². The van der Waals surface area contributed by atoms with Gasteiger partial charge in [0.15, 0.2) is 0 Å². The highest BCUT2D eigenvalue weighted by Crippen LogP contribution is 2.28. The Morgan fingerprint density at radius 1 is 1.33 bits per heavy atom. The Morgan fingerprint density at radius 2 is 2.05 bits per heavy atom. The molecule has 0 aliphatic heterocycles. The molecule has 4 heteroatoms. The van der Waals surface area contributed by atoms with Gasteiger partial charge in [0.1, 0.15) is 0 Å². The van der Waals surface area contributed by atoms with E-state index in [-0.39, 0.29) is 5.60 Å². The van der Waals surface area contributed by atoms with E-state index in [1.54, 1.807) is 7.11 Å². The second-order valence-corrected chi connectivity index (χ2v) is 7.36. The second-order valence-electron chi connectivity index (χ2n) is 5.89. The van der Waals surface area contributed by atoms with E-state index in [0.29, 0.717) is 6.04 Å². The van der Waals surface area contributed by atoms with Crippen molar-refractivity contribution in [1.29, 1.82) is 0 Å². The molecule has 1 unspecified atom stereocenters. The fourth-order valence-electron chi connectivity index (χ4n) is 1.97. The number of hydrogen-bond donors (Lipinski definition) is 1. The minimum Gasteiger partial charge on any atom is -0.379 e. The highest BCUT2D eigenvalue weighted by atomic mass is 35.5. The quantitative estimate of drug-likeness (QED) is 0.610. The third-order valence-corrected chi connectivity index (χ3v) is 5.28. The molecule has 1 N–H and O–H groups in total. The van der Waals surface area contributed by atoms with Gasteiger partial charge in [-0.15, -0.1) is 11.8 Å². The molecule has 21 heavy (non-hydrogen) atoms. The predicted molar refractivity (Wildman–Crippen MR) is 94.6 cm³/mol. The summed E-state index contributed by atoms with van der Waals surface area (Å²) >= 11 is 8.05. The van der Waals surface area contributed by atoms with Crippen LogP contribution in [0.15, 0.2) is 29.2 Å². The van der Waals surface area contributed by atoms with Gasteiger partial charge in [0, 0.05) is 23.8 Å². The lowest BCUT2D eigenvalue weighted by molar-refractivity contribution is 0.0122. The van der Waals surface area contributed by atoms with Crippen LogP contribution in [0.3, 0.4) is 0 Å². The Kier molecular flexibility index (Phi) is 8.72. The van der Waals surface area contributed by atoms with Crippen molar-refractivity contribution >= 4 is 23.4 Å². The maximum Gasteiger partial charge on any atom is 0.0623 e. The lowest BCUT2D eigenvalue weighted by Gasteiger charge is -2.26. The molecule has 0 heterocycles. The maximum atomic E-state index is 6.22. The molecule has 120 valence electrons. The first-order chi connectivity index (χ1) is 9.98. The fourth-order valence-corrected chi connectivity index (χ4v) is 3.31. The number of rotatable bonds is 10. The summed E-state index contributed by atoms with van der Waals surface area (Å²) in [6.07, 6.45) is 3.31. The smallest absolute Gasteiger partial charge is 0.0623 e. The van der Waals surface area contributed by atoms with Crippen LogP contribution in [-0.4, -0.2) is 31.1 Å². The van der Waals surface area contributed by atoms with E-state index in [1.807, 2.05) is 30.0 Å². The highest BCUT2D eigenvalue weighted by molar-refractivity contribution is 7.99. The number of benzene rings is 1. The largest absolute Gasteiger partial charge is 0.379 e. The minimum absolute atomic E-state index is 0.0544. The molecule has 0 aliphatic carbocycles. The van der Waals surface area contributed by atoms with E-state index in [1.165, 1.54) is 0 Å². The van der Waals surface area contributed by atoms with Crippen LogP contribution in [0, 0.1) is 0 Å². The van der Waals surface area contributed by atoms with Crippen LogP contribution in [0.4, 0.5) is 0 Å². The lowest BCUT2D eigenvalue weighted by Crippen LogP contribution is -2.34. The molecule has 1 atom stereocenters. The average Bonchev–Trinajstić information content (AvgIpc) is 2.48. The molecule has 0 fully saturated rings. The first-order valence-corrected chi connectivity index (χ1v) is 9.00. The Morgan fingerprint density at radius 3 is 2.67 bits per heavy atom. The third-order valence-electron chi connectivity index (χ3n) is 3.61. The van der Waals surface area contributed by atoms with Crippen molar-refractivity contribution in [3.05, 3.63) is 29.3 Å². The van der Waals surface area contributed by atoms with Gasteiger partial charge in [0.05, 0.1) is 10.6 Å². The van der Waals surface area contributed by atoms with Crippen LogP contribution < -0.4 is 5.32 Å². The van der Waals surface area contributed by atoms with Crippen molar-refractivity contribution in [1.82, 2.24) is 5.32 Å². The monoisotopic (exact) mass is 329 g/mol. The van der Waals surface area contributed by atoms with Crippen LogP contribution in [0.25, 0.3) is 0 Å². The molecular formula is C17H28ClNOS. The van der Waals surface area contributed by atoms with Crippen LogP contribution in [-0.2, 0) is 4.74 Å². The van der Waals surface area contributed by atoms with Gasteiger partial charge in [-0.1, -0.05) is 30.7 Å². The van der Waals surface area contributed by atoms with Gasteiger partial charge < -0.3 is 10.1 Å². The SMILES string of the molecule is CCCNC(CCC(C)(C)OC)CSc1ccccc1Cl. The number of nitrogens with one attached hydrogen (secondary N) is 1. The Balaban J connectivity index is 2.51. The minimum atomic E-state index is -0.0544. The molecule has 0 amide bonds. The summed E-state index contributed by atoms with van der Waals surface area (Å²) in [4.78, 5) is 1.16. The van der Waals surface area contributed by atoms with Gasteiger partial charge in [-0.2, -0.15) is 0 Å². The summed E-state index contributed by atoms with van der Waals surface area (Å²) in [6, 6.07) is 8.53. The summed E-state index contributed by atoms with van der Waals surface area (Å²) in [5.41, 5.74) is -0.0544. The van der Waals surface area contributed by atoms with Crippen molar-refractivity contribution in [2.75, 3.05) is 19.4 Å². The number of methoxy groups -OCH3 is 1. The van der Waals surface area contributed by atoms with Crippen LogP contribution in [0.5, 0.6) is 0 Å². The van der Waals surface area contributed by atoms with Gasteiger partial charge in [0.25, 0.3) is 0 Å². The number of hydrogen-bond acceptors (Lipinski definition) is 3. The highest BCUT2D eigenvalue weighted by Gasteiger charge is 2.19. The van der Waals surface area contributed by atoms with Crippen molar-refractivity contribution in [3.8, 4) is 0 Å². The molecule has 0 aromatic heterocycles.